The fourth-order valence-corrected chi connectivity index (χ4v) is 9.79. The van der Waals surface area contributed by atoms with Gasteiger partial charge in [-0.05, 0) is 15.4 Å². The molecule has 3 aromatic rings. The van der Waals surface area contributed by atoms with E-state index in [0.29, 0.717) is 6.20 Å². The number of nitrogens with zero attached hydrogens (tertiary/aromatic N) is 1. The molecule has 212 valence electrons. The van der Waals surface area contributed by atoms with E-state index in [1.807, 2.05) is 60.7 Å². The van der Waals surface area contributed by atoms with Crippen molar-refractivity contribution in [3.63, 3.8) is 0 Å². The molecule has 1 saturated heterocycles. The Balaban J connectivity index is 1.71. The van der Waals surface area contributed by atoms with Crippen molar-refractivity contribution in [2.75, 3.05) is 13.2 Å². The molecule has 0 amide bonds. The first-order chi connectivity index (χ1) is 18.9. The average molecular weight is 573 g/mol. The van der Waals surface area contributed by atoms with Crippen LogP contribution in [0.1, 0.15) is 39.0 Å². The Hall–Kier alpha value is -3.43. The standard InChI is InChI=1S/C29H31F3N2O5Si/c1-5-16-37-23-17-25(34-18-22(29(30,31)32)26(35)33-27(34)36)39-24(23)19-38-40(28(2,3)4,20-12-8-6-9-13-20)21-14-10-7-11-15-21/h1,6-15,18,23-25H,16-17,19H2,2-4H3,(H,33,35,36)/t23-,24+,25+/m0/s1. The highest BCUT2D eigenvalue weighted by molar-refractivity contribution is 6.99. The number of alkyl halides is 3. The van der Waals surface area contributed by atoms with Crippen molar-refractivity contribution < 1.29 is 27.1 Å². The molecule has 2 aromatic carbocycles. The van der Waals surface area contributed by atoms with E-state index in [1.165, 1.54) is 0 Å². The molecule has 1 fully saturated rings. The fourth-order valence-electron chi connectivity index (χ4n) is 5.22. The molecule has 1 aliphatic heterocycles. The number of ether oxygens (including phenoxy) is 2. The molecule has 0 saturated carbocycles. The van der Waals surface area contributed by atoms with Crippen molar-refractivity contribution in [3.8, 4) is 12.3 Å². The van der Waals surface area contributed by atoms with Gasteiger partial charge in [0.05, 0.1) is 12.7 Å². The maximum atomic E-state index is 13.4. The third kappa shape index (κ3) is 5.85. The first-order valence-corrected chi connectivity index (χ1v) is 14.7. The third-order valence-corrected chi connectivity index (χ3v) is 12.0. The van der Waals surface area contributed by atoms with Gasteiger partial charge in [0.1, 0.15) is 24.5 Å². The van der Waals surface area contributed by atoms with Gasteiger partial charge < -0.3 is 13.9 Å². The van der Waals surface area contributed by atoms with Gasteiger partial charge in [0.15, 0.2) is 0 Å². The van der Waals surface area contributed by atoms with Crippen LogP contribution in [0, 0.1) is 12.3 Å². The molecule has 4 rings (SSSR count). The number of aromatic amines is 1. The first kappa shape index (κ1) is 29.5. The number of hydrogen-bond donors (Lipinski definition) is 1. The second-order valence-corrected chi connectivity index (χ2v) is 14.9. The minimum absolute atomic E-state index is 0.0275. The summed E-state index contributed by atoms with van der Waals surface area (Å²) in [5.41, 5.74) is -4.03. The highest BCUT2D eigenvalue weighted by Gasteiger charge is 2.51. The van der Waals surface area contributed by atoms with Crippen molar-refractivity contribution in [1.82, 2.24) is 9.55 Å². The molecule has 0 unspecified atom stereocenters. The van der Waals surface area contributed by atoms with Gasteiger partial charge in [-0.2, -0.15) is 13.2 Å². The van der Waals surface area contributed by atoms with Crippen molar-refractivity contribution in [2.45, 2.75) is 56.8 Å². The second kappa shape index (κ2) is 11.6. The van der Waals surface area contributed by atoms with Gasteiger partial charge in [0.2, 0.25) is 0 Å². The van der Waals surface area contributed by atoms with Gasteiger partial charge in [-0.25, -0.2) is 4.79 Å². The highest BCUT2D eigenvalue weighted by atomic mass is 28.4. The monoisotopic (exact) mass is 572 g/mol. The predicted molar refractivity (Wildman–Crippen MR) is 147 cm³/mol. The lowest BCUT2D eigenvalue weighted by molar-refractivity contribution is -0.139. The molecule has 0 spiro atoms. The number of halogens is 3. The number of terminal acetylenes is 1. The molecule has 40 heavy (non-hydrogen) atoms. The van der Waals surface area contributed by atoms with Gasteiger partial charge in [-0.3, -0.25) is 14.3 Å². The Labute approximate surface area is 231 Å². The number of hydrogen-bond acceptors (Lipinski definition) is 5. The number of benzene rings is 2. The van der Waals surface area contributed by atoms with Crippen molar-refractivity contribution in [1.29, 1.82) is 0 Å². The number of aromatic nitrogens is 2. The van der Waals surface area contributed by atoms with Crippen LogP contribution in [0.15, 0.2) is 76.4 Å². The van der Waals surface area contributed by atoms with E-state index >= 15 is 0 Å². The Morgan fingerprint density at radius 1 is 1.05 bits per heavy atom. The van der Waals surface area contributed by atoms with E-state index in [0.717, 1.165) is 14.9 Å². The first-order valence-electron chi connectivity index (χ1n) is 12.8. The Morgan fingerprint density at radius 2 is 1.62 bits per heavy atom. The minimum atomic E-state index is -4.95. The predicted octanol–water partition coefficient (Wildman–Crippen LogP) is 3.44. The Bertz CT molecular complexity index is 1420. The number of H-pyrrole nitrogens is 1. The van der Waals surface area contributed by atoms with Crippen LogP contribution in [0.5, 0.6) is 0 Å². The SMILES string of the molecule is C#CCO[C@H]1C[C@H](n2cc(C(F)(F)F)c(=O)[nH]c2=O)O[C@@H]1CO[Si](c1ccccc1)(c1ccccc1)C(C)(C)C. The van der Waals surface area contributed by atoms with Crippen LogP contribution in [-0.4, -0.2) is 43.3 Å². The summed E-state index contributed by atoms with van der Waals surface area (Å²) in [6.45, 7) is 6.31. The molecule has 0 aliphatic carbocycles. The highest BCUT2D eigenvalue weighted by Crippen LogP contribution is 2.38. The summed E-state index contributed by atoms with van der Waals surface area (Å²) in [6.07, 6.45) is -1.61. The fraction of sp³-hybridized carbons (Fsp3) is 0.379. The van der Waals surface area contributed by atoms with Crippen LogP contribution < -0.4 is 21.6 Å². The maximum absolute atomic E-state index is 13.4. The quantitative estimate of drug-likeness (QED) is 0.331. The number of nitrogens with one attached hydrogen (secondary N) is 1. The van der Waals surface area contributed by atoms with Crippen LogP contribution in [-0.2, 0) is 20.1 Å². The maximum Gasteiger partial charge on any atom is 0.423 e. The van der Waals surface area contributed by atoms with Crippen LogP contribution in [0.25, 0.3) is 0 Å². The molecule has 1 N–H and O–H groups in total. The lowest BCUT2D eigenvalue weighted by Crippen LogP contribution is -2.67. The zero-order chi connectivity index (χ0) is 29.1. The second-order valence-electron chi connectivity index (χ2n) is 10.6. The smallest absolute Gasteiger partial charge is 0.405 e. The summed E-state index contributed by atoms with van der Waals surface area (Å²) in [7, 11) is -2.97. The van der Waals surface area contributed by atoms with Crippen molar-refractivity contribution >= 4 is 18.7 Å². The Morgan fingerprint density at radius 3 is 2.12 bits per heavy atom. The minimum Gasteiger partial charge on any atom is -0.405 e. The molecule has 1 aromatic heterocycles. The normalized spacial score (nSPS) is 19.9. The number of rotatable bonds is 8. The Kier molecular flexibility index (Phi) is 8.56. The van der Waals surface area contributed by atoms with Crippen LogP contribution in [0.4, 0.5) is 13.2 Å². The summed E-state index contributed by atoms with van der Waals surface area (Å²) >= 11 is 0. The van der Waals surface area contributed by atoms with Crippen molar-refractivity contribution in [2.24, 2.45) is 0 Å². The van der Waals surface area contributed by atoms with Crippen LogP contribution in [0.3, 0.4) is 0 Å². The summed E-state index contributed by atoms with van der Waals surface area (Å²) in [5, 5.41) is 1.74. The molecule has 7 nitrogen and oxygen atoms in total. The zero-order valence-corrected chi connectivity index (χ0v) is 23.4. The molecule has 1 aliphatic rings. The molecule has 11 heteroatoms. The largest absolute Gasteiger partial charge is 0.423 e. The van der Waals surface area contributed by atoms with E-state index in [2.05, 4.69) is 26.7 Å². The lowest BCUT2D eigenvalue weighted by atomic mass is 10.2. The average Bonchev–Trinajstić information content (AvgIpc) is 3.30. The molecule has 2 heterocycles. The van der Waals surface area contributed by atoms with Gasteiger partial charge in [-0.1, -0.05) is 87.4 Å². The summed E-state index contributed by atoms with van der Waals surface area (Å²) in [5.74, 6) is 2.39. The van der Waals surface area contributed by atoms with Crippen LogP contribution in [0.2, 0.25) is 5.04 Å². The molecular formula is C29H31F3N2O5Si. The molecular weight excluding hydrogens is 541 g/mol. The van der Waals surface area contributed by atoms with Gasteiger partial charge in [0, 0.05) is 12.6 Å². The summed E-state index contributed by atoms with van der Waals surface area (Å²) < 4.78 is 59.8. The summed E-state index contributed by atoms with van der Waals surface area (Å²) in [4.78, 5) is 26.1. The summed E-state index contributed by atoms with van der Waals surface area (Å²) in [6, 6.07) is 19.8. The lowest BCUT2D eigenvalue weighted by Gasteiger charge is -2.43. The molecule has 3 atom stereocenters. The van der Waals surface area contributed by atoms with Gasteiger partial charge >= 0.3 is 11.9 Å². The van der Waals surface area contributed by atoms with E-state index < -0.39 is 49.7 Å². The van der Waals surface area contributed by atoms with E-state index in [9.17, 15) is 22.8 Å². The topological polar surface area (TPSA) is 82.6 Å². The van der Waals surface area contributed by atoms with E-state index in [1.54, 1.807) is 4.98 Å². The van der Waals surface area contributed by atoms with E-state index in [4.69, 9.17) is 20.3 Å². The van der Waals surface area contributed by atoms with E-state index in [-0.39, 0.29) is 24.7 Å². The molecule has 0 radical (unpaired) electrons. The van der Waals surface area contributed by atoms with Crippen molar-refractivity contribution in [3.05, 3.63) is 93.3 Å². The van der Waals surface area contributed by atoms with Gasteiger partial charge in [0.25, 0.3) is 13.9 Å². The van der Waals surface area contributed by atoms with Crippen LogP contribution >= 0.6 is 0 Å². The zero-order valence-electron chi connectivity index (χ0n) is 22.4. The van der Waals surface area contributed by atoms with Gasteiger partial charge in [-0.15, -0.1) is 6.42 Å². The molecule has 0 bridgehead atoms. The third-order valence-electron chi connectivity index (χ3n) is 7.03.